The molecule has 0 radical (unpaired) electrons. The molecule has 0 spiro atoms. The zero-order valence-electron chi connectivity index (χ0n) is 10.5. The van der Waals surface area contributed by atoms with Crippen LogP contribution in [0.3, 0.4) is 0 Å². The molecule has 2 aromatic heterocycles. The van der Waals surface area contributed by atoms with Gasteiger partial charge in [-0.05, 0) is 12.8 Å². The van der Waals surface area contributed by atoms with Crippen LogP contribution >= 0.6 is 0 Å². The van der Waals surface area contributed by atoms with Crippen LogP contribution < -0.4 is 5.49 Å². The van der Waals surface area contributed by atoms with E-state index in [1.54, 1.807) is 10.9 Å². The first-order chi connectivity index (χ1) is 9.09. The highest BCUT2D eigenvalue weighted by atomic mass is 16.5. The first kappa shape index (κ1) is 13.1. The molecule has 0 saturated heterocycles. The van der Waals surface area contributed by atoms with E-state index in [0.29, 0.717) is 29.0 Å². The maximum absolute atomic E-state index is 10.6. The molecule has 0 bridgehead atoms. The molecule has 0 unspecified atom stereocenters. The zero-order valence-corrected chi connectivity index (χ0v) is 10.5. The van der Waals surface area contributed by atoms with Crippen LogP contribution in [0.25, 0.3) is 11.2 Å². The summed E-state index contributed by atoms with van der Waals surface area (Å²) < 4.78 is 7.27. The van der Waals surface area contributed by atoms with E-state index in [2.05, 4.69) is 9.97 Å². The van der Waals surface area contributed by atoms with Crippen molar-refractivity contribution in [2.45, 2.75) is 26.3 Å². The van der Waals surface area contributed by atoms with Crippen LogP contribution in [0.15, 0.2) is 12.7 Å². The van der Waals surface area contributed by atoms with Gasteiger partial charge < -0.3 is 14.5 Å². The molecule has 0 aliphatic carbocycles. The lowest BCUT2D eigenvalue weighted by Gasteiger charge is -2.04. The molecular weight excluding hydrogens is 250 g/mol. The summed E-state index contributed by atoms with van der Waals surface area (Å²) in [6, 6.07) is 0. The Morgan fingerprint density at radius 3 is 2.95 bits per heavy atom. The van der Waals surface area contributed by atoms with Crippen LogP contribution in [0.4, 0.5) is 0 Å². The second-order valence-electron chi connectivity index (χ2n) is 4.10. The van der Waals surface area contributed by atoms with Gasteiger partial charge in [0.15, 0.2) is 16.7 Å². The van der Waals surface area contributed by atoms with E-state index in [-0.39, 0.29) is 11.5 Å². The van der Waals surface area contributed by atoms with Crippen LogP contribution in [-0.4, -0.2) is 37.0 Å². The van der Waals surface area contributed by atoms with E-state index in [9.17, 15) is 10.0 Å². The number of nitrogens with one attached hydrogen (secondary N) is 1. The molecule has 8 nitrogen and oxygen atoms in total. The Kier molecular flexibility index (Phi) is 3.79. The van der Waals surface area contributed by atoms with E-state index in [0.717, 1.165) is 12.8 Å². The van der Waals surface area contributed by atoms with Crippen LogP contribution in [0.5, 0.6) is 0 Å². The Morgan fingerprint density at radius 2 is 2.21 bits per heavy atom. The van der Waals surface area contributed by atoms with E-state index in [4.69, 9.17) is 10.1 Å². The van der Waals surface area contributed by atoms with Crippen LogP contribution in [-0.2, 0) is 16.1 Å². The summed E-state index contributed by atoms with van der Waals surface area (Å²) in [6.07, 6.45) is 4.31. The molecule has 2 aromatic rings. The number of carbonyl (C=O) groups is 1. The number of ether oxygens (including phenoxy) is 1. The summed E-state index contributed by atoms with van der Waals surface area (Å²) in [7, 11) is 0. The molecule has 102 valence electrons. The molecule has 19 heavy (non-hydrogen) atoms. The minimum Gasteiger partial charge on any atom is -0.466 e. The number of rotatable bonds is 5. The smallest absolute Gasteiger partial charge is 0.302 e. The normalized spacial score (nSPS) is 10.8. The van der Waals surface area contributed by atoms with Gasteiger partial charge in [-0.15, -0.1) is 0 Å². The third kappa shape index (κ3) is 2.90. The average molecular weight is 265 g/mol. The Labute approximate surface area is 108 Å². The summed E-state index contributed by atoms with van der Waals surface area (Å²) in [5.74, 6) is -0.277. The fraction of sp³-hybridized carbons (Fsp3) is 0.455. The van der Waals surface area contributed by atoms with E-state index < -0.39 is 0 Å². The number of carbonyl (C=O) groups excluding carboxylic acids is 1. The highest BCUT2D eigenvalue weighted by Crippen LogP contribution is 2.06. The Balaban J connectivity index is 2.00. The van der Waals surface area contributed by atoms with Gasteiger partial charge in [-0.2, -0.15) is 4.73 Å². The Bertz CT molecular complexity index is 645. The Hall–Kier alpha value is -2.38. The molecule has 0 atom stereocenters. The predicted octanol–water partition coefficient (Wildman–Crippen LogP) is 0.293. The average Bonchev–Trinajstić information content (AvgIpc) is 2.77. The second kappa shape index (κ2) is 5.51. The first-order valence-electron chi connectivity index (χ1n) is 5.89. The quantitative estimate of drug-likeness (QED) is 0.459. The molecular formula is C11H15N5O3. The number of aromatic nitrogens is 4. The number of unbranched alkanes of at least 4 members (excludes halogenated alkanes) is 1. The minimum absolute atomic E-state index is 0.0938. The molecule has 0 aliphatic heterocycles. The zero-order chi connectivity index (χ0) is 13.8. The van der Waals surface area contributed by atoms with Gasteiger partial charge in [0.1, 0.15) is 6.33 Å². The summed E-state index contributed by atoms with van der Waals surface area (Å²) in [5, 5.41) is 16.9. The second-order valence-corrected chi connectivity index (χ2v) is 4.10. The van der Waals surface area contributed by atoms with E-state index in [1.807, 2.05) is 0 Å². The van der Waals surface area contributed by atoms with Crippen molar-refractivity contribution in [3.8, 4) is 0 Å². The van der Waals surface area contributed by atoms with Crippen molar-refractivity contribution in [2.75, 3.05) is 6.61 Å². The maximum atomic E-state index is 10.6. The van der Waals surface area contributed by atoms with Gasteiger partial charge in [0, 0.05) is 13.5 Å². The van der Waals surface area contributed by atoms with Crippen LogP contribution in [0.2, 0.25) is 0 Å². The predicted molar refractivity (Wildman–Crippen MR) is 64.4 cm³/mol. The van der Waals surface area contributed by atoms with Gasteiger partial charge in [-0.25, -0.2) is 9.97 Å². The van der Waals surface area contributed by atoms with Gasteiger partial charge in [0.2, 0.25) is 0 Å². The molecule has 0 aromatic carbocycles. The van der Waals surface area contributed by atoms with Crippen molar-refractivity contribution in [1.82, 2.24) is 19.3 Å². The number of hydrogen-bond donors (Lipinski definition) is 2. The molecule has 2 N–H and O–H groups in total. The van der Waals surface area contributed by atoms with Crippen molar-refractivity contribution < 1.29 is 14.7 Å². The molecule has 0 saturated carbocycles. The number of fused-ring (bicyclic) bond motifs is 1. The van der Waals surface area contributed by atoms with E-state index >= 15 is 0 Å². The SMILES string of the molecule is CC(=O)OCCCCn1cnc2c(=N)n(O)cnc21. The topological polar surface area (TPSA) is 106 Å². The van der Waals surface area contributed by atoms with E-state index in [1.165, 1.54) is 13.3 Å². The highest BCUT2D eigenvalue weighted by molar-refractivity contribution is 5.68. The minimum atomic E-state index is -0.277. The fourth-order valence-corrected chi connectivity index (χ4v) is 1.72. The third-order valence-corrected chi connectivity index (χ3v) is 2.65. The number of esters is 1. The number of nitrogens with zero attached hydrogens (tertiary/aromatic N) is 4. The largest absolute Gasteiger partial charge is 0.466 e. The van der Waals surface area contributed by atoms with Crippen molar-refractivity contribution in [3.63, 3.8) is 0 Å². The molecule has 0 fully saturated rings. The monoisotopic (exact) mass is 265 g/mol. The van der Waals surface area contributed by atoms with Gasteiger partial charge >= 0.3 is 5.97 Å². The van der Waals surface area contributed by atoms with Crippen molar-refractivity contribution in [2.24, 2.45) is 0 Å². The van der Waals surface area contributed by atoms with Crippen molar-refractivity contribution in [3.05, 3.63) is 18.1 Å². The van der Waals surface area contributed by atoms with Gasteiger partial charge in [0.25, 0.3) is 0 Å². The van der Waals surface area contributed by atoms with Gasteiger partial charge in [-0.3, -0.25) is 10.2 Å². The lowest BCUT2D eigenvalue weighted by Crippen LogP contribution is -2.18. The number of aryl methyl sites for hydroxylation is 1. The van der Waals surface area contributed by atoms with Crippen molar-refractivity contribution >= 4 is 17.1 Å². The summed E-state index contributed by atoms with van der Waals surface area (Å²) in [5.41, 5.74) is 0.816. The summed E-state index contributed by atoms with van der Waals surface area (Å²) in [4.78, 5) is 18.7. The lowest BCUT2D eigenvalue weighted by molar-refractivity contribution is -0.141. The number of imidazole rings is 1. The highest BCUT2D eigenvalue weighted by Gasteiger charge is 2.07. The van der Waals surface area contributed by atoms with Crippen LogP contribution in [0, 0.1) is 5.41 Å². The summed E-state index contributed by atoms with van der Waals surface area (Å²) in [6.45, 7) is 2.45. The Morgan fingerprint density at radius 1 is 1.42 bits per heavy atom. The molecule has 2 rings (SSSR count). The first-order valence-corrected chi connectivity index (χ1v) is 5.89. The molecule has 8 heteroatoms. The standard InChI is InChI=1S/C11H15N5O3/c1-8(17)19-5-3-2-4-15-6-13-9-10(12)16(18)7-14-11(9)15/h6-7,12,18H,2-5H2,1H3. The molecule has 2 heterocycles. The van der Waals surface area contributed by atoms with Gasteiger partial charge in [0.05, 0.1) is 12.9 Å². The van der Waals surface area contributed by atoms with Crippen molar-refractivity contribution in [1.29, 1.82) is 5.41 Å². The lowest BCUT2D eigenvalue weighted by atomic mass is 10.3. The number of hydrogen-bond acceptors (Lipinski definition) is 6. The van der Waals surface area contributed by atoms with Crippen LogP contribution in [0.1, 0.15) is 19.8 Å². The molecule has 0 aliphatic rings. The summed E-state index contributed by atoms with van der Waals surface area (Å²) >= 11 is 0. The maximum Gasteiger partial charge on any atom is 0.302 e. The third-order valence-electron chi connectivity index (χ3n) is 2.65. The van der Waals surface area contributed by atoms with Gasteiger partial charge in [-0.1, -0.05) is 0 Å². The molecule has 0 amide bonds. The fourth-order valence-electron chi connectivity index (χ4n) is 1.72.